The maximum Gasteiger partial charge on any atom is 0.193 e. The number of hydrogen-bond donors (Lipinski definition) is 1. The number of nitriles is 1. The second-order valence-corrected chi connectivity index (χ2v) is 5.20. The molecule has 6 heteroatoms. The number of rotatable bonds is 4. The van der Waals surface area contributed by atoms with Crippen molar-refractivity contribution in [2.45, 2.75) is 13.1 Å². The van der Waals surface area contributed by atoms with Crippen LogP contribution in [0.25, 0.3) is 0 Å². The number of halogens is 2. The van der Waals surface area contributed by atoms with E-state index in [0.29, 0.717) is 18.7 Å². The van der Waals surface area contributed by atoms with Crippen LogP contribution in [0.2, 0.25) is 0 Å². The molecule has 0 amide bonds. The van der Waals surface area contributed by atoms with Gasteiger partial charge in [-0.2, -0.15) is 5.26 Å². The first-order valence-corrected chi connectivity index (χ1v) is 7.27. The zero-order valence-electron chi connectivity index (χ0n) is 13.7. The first-order chi connectivity index (χ1) is 11.1. The van der Waals surface area contributed by atoms with E-state index in [9.17, 15) is 4.39 Å². The summed E-state index contributed by atoms with van der Waals surface area (Å²) < 4.78 is 13.2. The van der Waals surface area contributed by atoms with Crippen LogP contribution in [0.1, 0.15) is 16.7 Å². The van der Waals surface area contributed by atoms with Gasteiger partial charge in [0.15, 0.2) is 5.96 Å². The van der Waals surface area contributed by atoms with Crippen LogP contribution in [0.15, 0.2) is 53.5 Å². The predicted octanol–water partition coefficient (Wildman–Crippen LogP) is 3.52. The molecule has 0 heterocycles. The largest absolute Gasteiger partial charge is 0.352 e. The highest BCUT2D eigenvalue weighted by Gasteiger charge is 2.07. The van der Waals surface area contributed by atoms with Gasteiger partial charge in [-0.1, -0.05) is 24.3 Å². The van der Waals surface area contributed by atoms with Crippen molar-refractivity contribution in [1.29, 1.82) is 5.26 Å². The van der Waals surface area contributed by atoms with E-state index in [1.807, 2.05) is 30.1 Å². The summed E-state index contributed by atoms with van der Waals surface area (Å²) in [7, 11) is 3.61. The monoisotopic (exact) mass is 438 g/mol. The summed E-state index contributed by atoms with van der Waals surface area (Å²) in [5.74, 6) is 0.482. The normalized spacial score (nSPS) is 10.5. The van der Waals surface area contributed by atoms with E-state index in [-0.39, 0.29) is 29.8 Å². The fourth-order valence-electron chi connectivity index (χ4n) is 2.25. The molecule has 2 aromatic carbocycles. The van der Waals surface area contributed by atoms with Crippen LogP contribution in [0, 0.1) is 17.1 Å². The second-order valence-electron chi connectivity index (χ2n) is 5.20. The summed E-state index contributed by atoms with van der Waals surface area (Å²) in [6.07, 6.45) is 0. The number of nitrogens with zero attached hydrogens (tertiary/aromatic N) is 3. The maximum absolute atomic E-state index is 13.2. The molecular formula is C18H20FIN4. The van der Waals surface area contributed by atoms with Crippen molar-refractivity contribution in [3.8, 4) is 6.07 Å². The Bertz CT molecular complexity index is 723. The summed E-state index contributed by atoms with van der Waals surface area (Å²) in [6.45, 7) is 1.16. The average molecular weight is 438 g/mol. The van der Waals surface area contributed by atoms with Crippen molar-refractivity contribution in [3.63, 3.8) is 0 Å². The van der Waals surface area contributed by atoms with Gasteiger partial charge in [-0.15, -0.1) is 24.0 Å². The van der Waals surface area contributed by atoms with E-state index in [1.165, 1.54) is 12.1 Å². The fourth-order valence-corrected chi connectivity index (χ4v) is 2.25. The molecule has 0 unspecified atom stereocenters. The Labute approximate surface area is 159 Å². The molecule has 0 bridgehead atoms. The Morgan fingerprint density at radius 3 is 2.50 bits per heavy atom. The molecule has 2 aromatic rings. The van der Waals surface area contributed by atoms with Gasteiger partial charge in [0.1, 0.15) is 5.82 Å². The number of benzene rings is 2. The Morgan fingerprint density at radius 2 is 1.92 bits per heavy atom. The van der Waals surface area contributed by atoms with E-state index in [2.05, 4.69) is 16.4 Å². The Morgan fingerprint density at radius 1 is 1.21 bits per heavy atom. The van der Waals surface area contributed by atoms with Crippen LogP contribution in [0.5, 0.6) is 0 Å². The summed E-state index contributed by atoms with van der Waals surface area (Å²) in [5.41, 5.74) is 2.58. The van der Waals surface area contributed by atoms with E-state index < -0.39 is 0 Å². The predicted molar refractivity (Wildman–Crippen MR) is 105 cm³/mol. The molecule has 24 heavy (non-hydrogen) atoms. The third-order valence-electron chi connectivity index (χ3n) is 3.42. The zero-order chi connectivity index (χ0) is 16.7. The van der Waals surface area contributed by atoms with Gasteiger partial charge in [0, 0.05) is 27.2 Å². The Balaban J connectivity index is 0.00000288. The van der Waals surface area contributed by atoms with Crippen LogP contribution in [0.3, 0.4) is 0 Å². The van der Waals surface area contributed by atoms with Gasteiger partial charge in [0.05, 0.1) is 11.6 Å². The quantitative estimate of drug-likeness (QED) is 0.452. The van der Waals surface area contributed by atoms with Crippen LogP contribution in [0.4, 0.5) is 4.39 Å². The molecule has 126 valence electrons. The molecule has 0 spiro atoms. The van der Waals surface area contributed by atoms with Crippen molar-refractivity contribution in [3.05, 3.63) is 71.0 Å². The van der Waals surface area contributed by atoms with Crippen molar-refractivity contribution >= 4 is 29.9 Å². The van der Waals surface area contributed by atoms with E-state index in [1.54, 1.807) is 25.2 Å². The van der Waals surface area contributed by atoms with Gasteiger partial charge < -0.3 is 10.2 Å². The molecule has 0 atom stereocenters. The number of hydrogen-bond acceptors (Lipinski definition) is 2. The molecule has 4 nitrogen and oxygen atoms in total. The number of aliphatic imine (C=N–C) groups is 1. The molecule has 0 aliphatic rings. The van der Waals surface area contributed by atoms with Gasteiger partial charge in [-0.3, -0.25) is 4.99 Å². The van der Waals surface area contributed by atoms with Crippen molar-refractivity contribution in [1.82, 2.24) is 10.2 Å². The number of guanidine groups is 1. The summed E-state index contributed by atoms with van der Waals surface area (Å²) >= 11 is 0. The molecule has 0 saturated carbocycles. The zero-order valence-corrected chi connectivity index (χ0v) is 16.0. The lowest BCUT2D eigenvalue weighted by Crippen LogP contribution is -2.38. The topological polar surface area (TPSA) is 51.4 Å². The van der Waals surface area contributed by atoms with Gasteiger partial charge in [-0.25, -0.2) is 4.39 Å². The summed E-state index contributed by atoms with van der Waals surface area (Å²) in [4.78, 5) is 6.17. The van der Waals surface area contributed by atoms with Gasteiger partial charge in [-0.05, 0) is 35.4 Å². The molecule has 0 aliphatic carbocycles. The van der Waals surface area contributed by atoms with Gasteiger partial charge in [0.2, 0.25) is 0 Å². The number of nitrogens with one attached hydrogen (secondary N) is 1. The molecule has 0 radical (unpaired) electrons. The van der Waals surface area contributed by atoms with Crippen LogP contribution >= 0.6 is 24.0 Å². The average Bonchev–Trinajstić information content (AvgIpc) is 2.56. The fraction of sp³-hybridized carbons (Fsp3) is 0.222. The van der Waals surface area contributed by atoms with Crippen molar-refractivity contribution in [2.24, 2.45) is 4.99 Å². The lowest BCUT2D eigenvalue weighted by molar-refractivity contribution is 0.474. The minimum absolute atomic E-state index is 0. The van der Waals surface area contributed by atoms with E-state index in [0.717, 1.165) is 17.1 Å². The first-order valence-electron chi connectivity index (χ1n) is 7.27. The van der Waals surface area contributed by atoms with Gasteiger partial charge in [0.25, 0.3) is 0 Å². The minimum atomic E-state index is -0.239. The molecular weight excluding hydrogens is 418 g/mol. The Kier molecular flexibility index (Phi) is 8.19. The van der Waals surface area contributed by atoms with E-state index in [4.69, 9.17) is 5.26 Å². The standard InChI is InChI=1S/C18H19FN4.HI/c1-21-18(22-12-15-8-6-14(11-20)7-9-15)23(2)13-16-4-3-5-17(19)10-16;/h3-10H,12-13H2,1-2H3,(H,21,22);1H. The second kappa shape index (κ2) is 9.88. The molecule has 0 aromatic heterocycles. The third-order valence-corrected chi connectivity index (χ3v) is 3.42. The van der Waals surface area contributed by atoms with Crippen LogP contribution in [-0.4, -0.2) is 25.0 Å². The highest BCUT2D eigenvalue weighted by Crippen LogP contribution is 2.07. The highest BCUT2D eigenvalue weighted by atomic mass is 127. The summed E-state index contributed by atoms with van der Waals surface area (Å²) in [6, 6.07) is 16.0. The minimum Gasteiger partial charge on any atom is -0.352 e. The smallest absolute Gasteiger partial charge is 0.193 e. The van der Waals surface area contributed by atoms with Crippen LogP contribution in [-0.2, 0) is 13.1 Å². The van der Waals surface area contributed by atoms with Crippen LogP contribution < -0.4 is 5.32 Å². The van der Waals surface area contributed by atoms with Gasteiger partial charge >= 0.3 is 0 Å². The third kappa shape index (κ3) is 5.81. The highest BCUT2D eigenvalue weighted by molar-refractivity contribution is 14.0. The molecule has 0 saturated heterocycles. The maximum atomic E-state index is 13.2. The van der Waals surface area contributed by atoms with E-state index >= 15 is 0 Å². The molecule has 0 fully saturated rings. The van der Waals surface area contributed by atoms with Crippen molar-refractivity contribution in [2.75, 3.05) is 14.1 Å². The lowest BCUT2D eigenvalue weighted by atomic mass is 10.1. The Hall–Kier alpha value is -2.14. The molecule has 2 rings (SSSR count). The molecule has 1 N–H and O–H groups in total. The summed E-state index contributed by atoms with van der Waals surface area (Å²) in [5, 5.41) is 12.1. The first kappa shape index (κ1) is 19.9. The molecule has 0 aliphatic heterocycles. The lowest BCUT2D eigenvalue weighted by Gasteiger charge is -2.22. The van der Waals surface area contributed by atoms with Crippen molar-refractivity contribution < 1.29 is 4.39 Å². The SMILES string of the molecule is CN=C(NCc1ccc(C#N)cc1)N(C)Cc1cccc(F)c1.I.